The number of hydrogen-bond donors (Lipinski definition) is 17. The molecule has 0 unspecified atom stereocenters. The van der Waals surface area contributed by atoms with Crippen molar-refractivity contribution in [2.24, 2.45) is 22.9 Å². The van der Waals surface area contributed by atoms with Crippen LogP contribution in [0.1, 0.15) is 75.8 Å². The number of amides is 8. The largest absolute Gasteiger partial charge is 0.401 e. The predicted octanol–water partition coefficient (Wildman–Crippen LogP) is -2.18. The second-order valence-electron chi connectivity index (χ2n) is 18.4. The number of guanidine groups is 2. The molecular weight excluding hydrogens is 1010 g/mol. The molecule has 420 valence electrons. The van der Waals surface area contributed by atoms with E-state index in [1.165, 1.54) is 0 Å². The number of nitrogens with one attached hydrogen (secondary N) is 13. The summed E-state index contributed by atoms with van der Waals surface area (Å²) in [4.78, 5) is 114. The Kier molecular flexibility index (Phi) is 24.0. The van der Waals surface area contributed by atoms with Crippen LogP contribution in [0.4, 0.5) is 13.2 Å². The van der Waals surface area contributed by atoms with E-state index in [-0.39, 0.29) is 108 Å². The molecule has 28 heteroatoms. The van der Waals surface area contributed by atoms with E-state index in [0.29, 0.717) is 17.7 Å². The standard InChI is InChI=1S/C49H70F3N17O8/c1-25(54)32-10-5-17-59-40(71)14-13-36(66-42(72)34(63-26(2)70)11-6-18-60-48(55)56)44(74)67-37(15-16-53)45(75)68-38(22-27-20-30(50)41(52)31(51)21-27)46(76)65-35(12-7-19-61-49(57)58)43(73)69-39(47(77)64-32)23-28-24-62-33-9-4-3-8-29(28)33/h3-4,8-9,20-21,24,32,34-39,62H,1,5-7,10-19,22-23,53-54H2,2H3,(H,59,71)(H,63,70)(H,64,77)(H,65,76)(H,66,72)(H,67,74)(H,68,75)(H,69,73)(H4,55,56,60)(H4,57,58,61)/t32-,34-,35-,36-,37-,38+,39-/m0/s1. The maximum atomic E-state index is 14.7. The van der Waals surface area contributed by atoms with Crippen LogP contribution < -0.4 is 76.1 Å². The Hall–Kier alpha value is -8.43. The molecular formula is C49H70F3N17O8. The van der Waals surface area contributed by atoms with Gasteiger partial charge in [0.2, 0.25) is 47.3 Å². The van der Waals surface area contributed by atoms with E-state index < -0.39 is 119 Å². The molecule has 21 N–H and O–H groups in total. The zero-order chi connectivity index (χ0) is 56.8. The van der Waals surface area contributed by atoms with Crippen molar-refractivity contribution in [3.63, 3.8) is 0 Å². The highest BCUT2D eigenvalue weighted by Gasteiger charge is 2.35. The summed E-state index contributed by atoms with van der Waals surface area (Å²) in [6, 6.07) is -1.64. The molecule has 7 atom stereocenters. The fourth-order valence-corrected chi connectivity index (χ4v) is 8.33. The highest BCUT2D eigenvalue weighted by atomic mass is 19.2. The highest BCUT2D eigenvalue weighted by molar-refractivity contribution is 5.97. The van der Waals surface area contributed by atoms with Crippen molar-refractivity contribution in [2.75, 3.05) is 26.2 Å². The molecule has 1 aromatic heterocycles. The Bertz CT molecular complexity index is 2610. The van der Waals surface area contributed by atoms with Gasteiger partial charge in [-0.2, -0.15) is 0 Å². The molecule has 2 heterocycles. The lowest BCUT2D eigenvalue weighted by molar-refractivity contribution is -0.135. The highest BCUT2D eigenvalue weighted by Crippen LogP contribution is 2.20. The molecule has 1 aliphatic heterocycles. The third-order valence-electron chi connectivity index (χ3n) is 12.3. The first-order valence-corrected chi connectivity index (χ1v) is 24.9. The summed E-state index contributed by atoms with van der Waals surface area (Å²) in [6.45, 7) is 4.93. The number of aromatic amines is 1. The Labute approximate surface area is 441 Å². The Morgan fingerprint density at radius 2 is 1.34 bits per heavy atom. The van der Waals surface area contributed by atoms with Crippen LogP contribution in [0.2, 0.25) is 0 Å². The average molecular weight is 1080 g/mol. The van der Waals surface area contributed by atoms with Crippen molar-refractivity contribution in [3.05, 3.63) is 83.4 Å². The van der Waals surface area contributed by atoms with Crippen LogP contribution in [0, 0.1) is 28.3 Å². The summed E-state index contributed by atoms with van der Waals surface area (Å²) in [5.41, 5.74) is 23.9. The van der Waals surface area contributed by atoms with Crippen LogP contribution in [0.15, 0.2) is 54.9 Å². The Balaban J connectivity index is 1.79. The molecule has 2 aromatic carbocycles. The van der Waals surface area contributed by atoms with Crippen LogP contribution in [-0.2, 0) is 51.2 Å². The number of H-pyrrole nitrogens is 1. The summed E-state index contributed by atoms with van der Waals surface area (Å²) in [5, 5.41) is 41.7. The SMILES string of the molecule is C=C(N)[C@@H]1CCCNC(=O)CC[C@H](NC(=O)[C@H](CCCNC(=N)N)NC(C)=O)C(=O)N[C@@H](CCN)C(=O)N[C@H](Cc2cc(F)c(F)c(F)c2)C(=O)N[C@@H](CCCNC(=N)N)C(=O)N[C@@H](Cc2c[nH]c3ccccc23)C(=O)N1. The molecule has 0 radical (unpaired) electrons. The summed E-state index contributed by atoms with van der Waals surface area (Å²) in [6.07, 6.45) is 0.235. The van der Waals surface area contributed by atoms with Crippen molar-refractivity contribution in [3.8, 4) is 0 Å². The fourth-order valence-electron chi connectivity index (χ4n) is 8.33. The van der Waals surface area contributed by atoms with E-state index in [4.69, 9.17) is 33.8 Å². The van der Waals surface area contributed by atoms with E-state index in [1.807, 2.05) is 6.07 Å². The zero-order valence-electron chi connectivity index (χ0n) is 42.6. The lowest BCUT2D eigenvalue weighted by Gasteiger charge is -2.28. The summed E-state index contributed by atoms with van der Waals surface area (Å²) in [7, 11) is 0. The topological polar surface area (TPSA) is 424 Å². The quantitative estimate of drug-likeness (QED) is 0.0279. The van der Waals surface area contributed by atoms with Gasteiger partial charge in [0.25, 0.3) is 0 Å². The third-order valence-corrected chi connectivity index (χ3v) is 12.3. The first-order valence-electron chi connectivity index (χ1n) is 24.9. The number of halogens is 3. The monoisotopic (exact) mass is 1080 g/mol. The van der Waals surface area contributed by atoms with E-state index in [2.05, 4.69) is 64.7 Å². The van der Waals surface area contributed by atoms with Gasteiger partial charge in [-0.15, -0.1) is 0 Å². The zero-order valence-corrected chi connectivity index (χ0v) is 42.6. The van der Waals surface area contributed by atoms with Crippen LogP contribution in [0.5, 0.6) is 0 Å². The van der Waals surface area contributed by atoms with Crippen molar-refractivity contribution in [1.29, 1.82) is 10.8 Å². The molecule has 1 saturated heterocycles. The predicted molar refractivity (Wildman–Crippen MR) is 278 cm³/mol. The number of para-hydroxylation sites is 1. The number of rotatable bonds is 18. The van der Waals surface area contributed by atoms with Crippen molar-refractivity contribution in [1.82, 2.24) is 58.2 Å². The molecule has 3 aromatic rings. The molecule has 0 aliphatic carbocycles. The van der Waals surface area contributed by atoms with Gasteiger partial charge in [0.15, 0.2) is 29.4 Å². The average Bonchev–Trinajstić information content (AvgIpc) is 3.77. The number of hydrogen-bond acceptors (Lipinski definition) is 12. The number of carbonyl (C=O) groups is 8. The van der Waals surface area contributed by atoms with E-state index in [0.717, 1.165) is 17.8 Å². The van der Waals surface area contributed by atoms with Crippen LogP contribution in [0.25, 0.3) is 10.9 Å². The fraction of sp³-hybridized carbons (Fsp3) is 0.469. The Morgan fingerprint density at radius 1 is 0.766 bits per heavy atom. The number of aromatic nitrogens is 1. The van der Waals surface area contributed by atoms with Gasteiger partial charge in [0.05, 0.1) is 6.04 Å². The van der Waals surface area contributed by atoms with Gasteiger partial charge in [-0.25, -0.2) is 13.2 Å². The number of benzene rings is 2. The molecule has 77 heavy (non-hydrogen) atoms. The molecule has 25 nitrogen and oxygen atoms in total. The molecule has 1 aliphatic rings. The lowest BCUT2D eigenvalue weighted by atomic mass is 10.0. The number of fused-ring (bicyclic) bond motifs is 1. The van der Waals surface area contributed by atoms with Gasteiger partial charge in [-0.1, -0.05) is 24.8 Å². The molecule has 0 spiro atoms. The second kappa shape index (κ2) is 30.2. The van der Waals surface area contributed by atoms with E-state index in [9.17, 15) is 51.5 Å². The van der Waals surface area contributed by atoms with Gasteiger partial charge >= 0.3 is 0 Å². The van der Waals surface area contributed by atoms with Crippen LogP contribution >= 0.6 is 0 Å². The summed E-state index contributed by atoms with van der Waals surface area (Å²) < 4.78 is 43.5. The first-order chi connectivity index (χ1) is 36.6. The lowest BCUT2D eigenvalue weighted by Crippen LogP contribution is -2.60. The van der Waals surface area contributed by atoms with Gasteiger partial charge in [-0.05, 0) is 87.2 Å². The smallest absolute Gasteiger partial charge is 0.243 e. The molecule has 0 bridgehead atoms. The summed E-state index contributed by atoms with van der Waals surface area (Å²) >= 11 is 0. The van der Waals surface area contributed by atoms with Gasteiger partial charge < -0.3 is 81.1 Å². The van der Waals surface area contributed by atoms with Crippen molar-refractivity contribution >= 4 is 70.1 Å². The maximum Gasteiger partial charge on any atom is 0.243 e. The Morgan fingerprint density at radius 3 is 1.96 bits per heavy atom. The normalized spacial score (nSPS) is 20.9. The van der Waals surface area contributed by atoms with Crippen molar-refractivity contribution < 1.29 is 51.5 Å². The van der Waals surface area contributed by atoms with Crippen LogP contribution in [0.3, 0.4) is 0 Å². The second-order valence-corrected chi connectivity index (χ2v) is 18.4. The minimum Gasteiger partial charge on any atom is -0.401 e. The van der Waals surface area contributed by atoms with Gasteiger partial charge in [-0.3, -0.25) is 49.2 Å². The number of carbonyl (C=O) groups excluding carboxylic acids is 8. The third kappa shape index (κ3) is 20.0. The molecule has 0 saturated carbocycles. The van der Waals surface area contributed by atoms with Gasteiger partial charge in [0, 0.05) is 68.6 Å². The number of nitrogens with two attached hydrogens (primary N) is 4. The van der Waals surface area contributed by atoms with E-state index in [1.54, 1.807) is 24.4 Å². The first kappa shape index (κ1) is 61.1. The van der Waals surface area contributed by atoms with Crippen LogP contribution in [-0.4, -0.2) is 133 Å². The van der Waals surface area contributed by atoms with Gasteiger partial charge in [0.1, 0.15) is 36.3 Å². The molecule has 1 fully saturated rings. The molecule has 8 amide bonds. The summed E-state index contributed by atoms with van der Waals surface area (Å²) in [5.74, 6) is -12.7. The van der Waals surface area contributed by atoms with Crippen molar-refractivity contribution in [2.45, 2.75) is 120 Å². The minimum atomic E-state index is -1.84. The molecule has 4 rings (SSSR count). The maximum absolute atomic E-state index is 14.7. The van der Waals surface area contributed by atoms with E-state index >= 15 is 0 Å². The minimum absolute atomic E-state index is 0.00324.